The highest BCUT2D eigenvalue weighted by molar-refractivity contribution is 6.31. The van der Waals surface area contributed by atoms with Gasteiger partial charge in [-0.15, -0.1) is 0 Å². The summed E-state index contributed by atoms with van der Waals surface area (Å²) in [4.78, 5) is 0. The van der Waals surface area contributed by atoms with Crippen molar-refractivity contribution in [1.82, 2.24) is 5.01 Å². The van der Waals surface area contributed by atoms with Crippen LogP contribution in [0.5, 0.6) is 0 Å². The van der Waals surface area contributed by atoms with Crippen molar-refractivity contribution in [2.45, 2.75) is 31.5 Å². The molecule has 0 aromatic heterocycles. The summed E-state index contributed by atoms with van der Waals surface area (Å²) in [6, 6.07) is 13.4. The summed E-state index contributed by atoms with van der Waals surface area (Å²) in [6.07, 6.45) is -2.08. The van der Waals surface area contributed by atoms with Gasteiger partial charge in [0.2, 0.25) is 0 Å². The molecule has 1 aliphatic rings. The summed E-state index contributed by atoms with van der Waals surface area (Å²) in [6.45, 7) is 0.770. The van der Waals surface area contributed by atoms with Gasteiger partial charge in [-0.1, -0.05) is 41.9 Å². The van der Waals surface area contributed by atoms with E-state index >= 15 is 0 Å². The second-order valence-electron chi connectivity index (χ2n) is 6.50. The predicted molar refractivity (Wildman–Crippen MR) is 93.0 cm³/mol. The van der Waals surface area contributed by atoms with E-state index in [1.165, 1.54) is 12.1 Å². The van der Waals surface area contributed by atoms with Gasteiger partial charge in [-0.05, 0) is 54.5 Å². The molecule has 6 heteroatoms. The average Bonchev–Trinajstić information content (AvgIpc) is 2.57. The van der Waals surface area contributed by atoms with E-state index in [2.05, 4.69) is 0 Å². The molecule has 0 spiro atoms. The molecule has 1 fully saturated rings. The molecule has 3 rings (SSSR count). The molecule has 1 heterocycles. The van der Waals surface area contributed by atoms with Crippen LogP contribution in [0, 0.1) is 5.92 Å². The number of alkyl halides is 3. The third-order valence-electron chi connectivity index (χ3n) is 4.79. The highest BCUT2D eigenvalue weighted by atomic mass is 35.5. The van der Waals surface area contributed by atoms with E-state index in [0.717, 1.165) is 31.0 Å². The van der Waals surface area contributed by atoms with Crippen LogP contribution in [0.25, 0.3) is 0 Å². The van der Waals surface area contributed by atoms with Gasteiger partial charge in [-0.3, -0.25) is 5.84 Å². The van der Waals surface area contributed by atoms with Crippen molar-refractivity contribution < 1.29 is 13.2 Å². The minimum Gasteiger partial charge on any atom is -0.268 e. The molecule has 0 radical (unpaired) electrons. The topological polar surface area (TPSA) is 29.3 Å². The molecular formula is C19H20ClF3N2. The molecule has 0 aliphatic carbocycles. The number of halogens is 4. The molecule has 134 valence electrons. The summed E-state index contributed by atoms with van der Waals surface area (Å²) in [5.74, 6) is 6.33. The molecule has 2 nitrogen and oxygen atoms in total. The zero-order valence-corrected chi connectivity index (χ0v) is 14.4. The SMILES string of the molecule is NN1CCCC(Cc2cc(C(F)(F)F)ccc2Cl)C1c1ccccc1. The first-order valence-electron chi connectivity index (χ1n) is 8.28. The largest absolute Gasteiger partial charge is 0.416 e. The van der Waals surface area contributed by atoms with Gasteiger partial charge in [-0.2, -0.15) is 13.2 Å². The summed E-state index contributed by atoms with van der Waals surface area (Å²) >= 11 is 6.18. The number of benzene rings is 2. The van der Waals surface area contributed by atoms with Crippen LogP contribution in [0.15, 0.2) is 48.5 Å². The number of nitrogens with zero attached hydrogens (tertiary/aromatic N) is 1. The van der Waals surface area contributed by atoms with Gasteiger partial charge in [0, 0.05) is 11.6 Å². The smallest absolute Gasteiger partial charge is 0.268 e. The fourth-order valence-corrected chi connectivity index (χ4v) is 3.82. The maximum absolute atomic E-state index is 13.0. The van der Waals surface area contributed by atoms with Crippen molar-refractivity contribution in [3.05, 3.63) is 70.2 Å². The Balaban J connectivity index is 1.90. The number of hydrogen-bond acceptors (Lipinski definition) is 2. The standard InChI is InChI=1S/C19H20ClF3N2/c20-17-9-8-16(19(21,22)23)12-15(17)11-14-7-4-10-25(24)18(14)13-5-2-1-3-6-13/h1-3,5-6,8-9,12,14,18H,4,7,10-11,24H2. The minimum atomic E-state index is -4.37. The minimum absolute atomic E-state index is 0.0273. The van der Waals surface area contributed by atoms with Crippen LogP contribution in [0.1, 0.15) is 35.6 Å². The van der Waals surface area contributed by atoms with Crippen LogP contribution in [-0.2, 0) is 12.6 Å². The van der Waals surface area contributed by atoms with Crippen molar-refractivity contribution in [2.24, 2.45) is 11.8 Å². The van der Waals surface area contributed by atoms with Crippen LogP contribution in [0.2, 0.25) is 5.02 Å². The third kappa shape index (κ3) is 4.17. The maximum atomic E-state index is 13.0. The zero-order valence-electron chi connectivity index (χ0n) is 13.6. The Labute approximate surface area is 150 Å². The van der Waals surface area contributed by atoms with Crippen molar-refractivity contribution in [1.29, 1.82) is 0 Å². The summed E-state index contributed by atoms with van der Waals surface area (Å²) in [7, 11) is 0. The summed E-state index contributed by atoms with van der Waals surface area (Å²) in [5, 5.41) is 2.17. The highest BCUT2D eigenvalue weighted by Crippen LogP contribution is 2.38. The van der Waals surface area contributed by atoms with Gasteiger partial charge in [0.05, 0.1) is 11.6 Å². The van der Waals surface area contributed by atoms with Crippen LogP contribution in [0.4, 0.5) is 13.2 Å². The van der Waals surface area contributed by atoms with E-state index in [1.807, 2.05) is 30.3 Å². The van der Waals surface area contributed by atoms with Gasteiger partial charge >= 0.3 is 6.18 Å². The van der Waals surface area contributed by atoms with E-state index in [-0.39, 0.29) is 12.0 Å². The lowest BCUT2D eigenvalue weighted by Gasteiger charge is -2.39. The van der Waals surface area contributed by atoms with E-state index in [4.69, 9.17) is 17.4 Å². The molecule has 0 bridgehead atoms. The second-order valence-corrected chi connectivity index (χ2v) is 6.91. The first kappa shape index (κ1) is 18.2. The lowest BCUT2D eigenvalue weighted by molar-refractivity contribution is -0.137. The molecule has 2 aromatic rings. The Morgan fingerprint density at radius 2 is 1.84 bits per heavy atom. The lowest BCUT2D eigenvalue weighted by atomic mass is 9.81. The van der Waals surface area contributed by atoms with Crippen molar-refractivity contribution in [3.63, 3.8) is 0 Å². The van der Waals surface area contributed by atoms with E-state index < -0.39 is 11.7 Å². The van der Waals surface area contributed by atoms with Crippen LogP contribution < -0.4 is 5.84 Å². The number of rotatable bonds is 3. The predicted octanol–water partition coefficient (Wildman–Crippen LogP) is 5.23. The maximum Gasteiger partial charge on any atom is 0.416 e. The highest BCUT2D eigenvalue weighted by Gasteiger charge is 2.34. The number of nitrogens with two attached hydrogens (primary N) is 1. The van der Waals surface area contributed by atoms with Gasteiger partial charge in [0.25, 0.3) is 0 Å². The van der Waals surface area contributed by atoms with Gasteiger partial charge in [0.15, 0.2) is 0 Å². The number of hydrazine groups is 1. The van der Waals surface area contributed by atoms with Crippen molar-refractivity contribution in [2.75, 3.05) is 6.54 Å². The molecule has 25 heavy (non-hydrogen) atoms. The fourth-order valence-electron chi connectivity index (χ4n) is 3.62. The molecule has 1 aliphatic heterocycles. The van der Waals surface area contributed by atoms with Gasteiger partial charge < -0.3 is 0 Å². The fraction of sp³-hybridized carbons (Fsp3) is 0.368. The molecule has 0 saturated carbocycles. The molecule has 2 unspecified atom stereocenters. The van der Waals surface area contributed by atoms with Crippen LogP contribution in [0.3, 0.4) is 0 Å². The van der Waals surface area contributed by atoms with E-state index in [0.29, 0.717) is 17.0 Å². The molecule has 1 saturated heterocycles. The molecule has 2 atom stereocenters. The Kier molecular flexibility index (Phi) is 5.37. The number of piperidine rings is 1. The summed E-state index contributed by atoms with van der Waals surface area (Å²) < 4.78 is 39.0. The molecule has 2 aromatic carbocycles. The number of hydrogen-bond donors (Lipinski definition) is 1. The van der Waals surface area contributed by atoms with E-state index in [1.54, 1.807) is 5.01 Å². The van der Waals surface area contributed by atoms with Gasteiger partial charge in [-0.25, -0.2) is 5.01 Å². The molecule has 2 N–H and O–H groups in total. The Bertz CT molecular complexity index is 718. The normalized spacial score (nSPS) is 22.1. The Hall–Kier alpha value is -1.56. The first-order chi connectivity index (χ1) is 11.9. The van der Waals surface area contributed by atoms with Crippen LogP contribution >= 0.6 is 11.6 Å². The quantitative estimate of drug-likeness (QED) is 0.752. The third-order valence-corrected chi connectivity index (χ3v) is 5.16. The first-order valence-corrected chi connectivity index (χ1v) is 8.66. The molecular weight excluding hydrogens is 349 g/mol. The molecule has 0 amide bonds. The second kappa shape index (κ2) is 7.36. The van der Waals surface area contributed by atoms with Crippen molar-refractivity contribution in [3.8, 4) is 0 Å². The Morgan fingerprint density at radius 1 is 1.12 bits per heavy atom. The van der Waals surface area contributed by atoms with Crippen molar-refractivity contribution >= 4 is 11.6 Å². The summed E-state index contributed by atoms with van der Waals surface area (Å²) in [5.41, 5.74) is 0.944. The average molecular weight is 369 g/mol. The van der Waals surface area contributed by atoms with Crippen LogP contribution in [-0.4, -0.2) is 11.6 Å². The lowest BCUT2D eigenvalue weighted by Crippen LogP contribution is -2.44. The van der Waals surface area contributed by atoms with Gasteiger partial charge in [0.1, 0.15) is 0 Å². The zero-order chi connectivity index (χ0) is 18.0. The Morgan fingerprint density at radius 3 is 2.52 bits per heavy atom. The van der Waals surface area contributed by atoms with E-state index in [9.17, 15) is 13.2 Å². The monoisotopic (exact) mass is 368 g/mol.